The summed E-state index contributed by atoms with van der Waals surface area (Å²) < 4.78 is 52.0. The molecule has 0 spiro atoms. The lowest BCUT2D eigenvalue weighted by Crippen LogP contribution is -2.33. The predicted octanol–water partition coefficient (Wildman–Crippen LogP) is 1.85. The van der Waals surface area contributed by atoms with Crippen LogP contribution in [-0.4, -0.2) is 56.3 Å². The third-order valence-electron chi connectivity index (χ3n) is 5.08. The summed E-state index contributed by atoms with van der Waals surface area (Å²) in [5.74, 6) is -1.22. The van der Waals surface area contributed by atoms with E-state index in [1.165, 1.54) is 11.1 Å². The van der Waals surface area contributed by atoms with Crippen LogP contribution in [0.15, 0.2) is 47.8 Å². The highest BCUT2D eigenvalue weighted by Crippen LogP contribution is 2.30. The number of alkyl halides is 2. The van der Waals surface area contributed by atoms with Crippen molar-refractivity contribution < 1.29 is 27.1 Å². The molecule has 0 aliphatic carbocycles. The number of hydrogen-bond acceptors (Lipinski definition) is 6. The van der Waals surface area contributed by atoms with Gasteiger partial charge in [-0.1, -0.05) is 29.8 Å². The van der Waals surface area contributed by atoms with Crippen LogP contribution in [0, 0.1) is 0 Å². The van der Waals surface area contributed by atoms with E-state index in [-0.39, 0.29) is 19.0 Å². The van der Waals surface area contributed by atoms with Crippen molar-refractivity contribution in [3.63, 3.8) is 0 Å². The van der Waals surface area contributed by atoms with Crippen LogP contribution in [0.4, 0.5) is 8.78 Å². The molecular formula is C19H18ClF2N5O4S. The van der Waals surface area contributed by atoms with Crippen molar-refractivity contribution in [2.75, 3.05) is 6.61 Å². The van der Waals surface area contributed by atoms with Crippen molar-refractivity contribution >= 4 is 27.5 Å². The van der Waals surface area contributed by atoms with Gasteiger partial charge in [0.25, 0.3) is 6.43 Å². The normalized spacial score (nSPS) is 14.7. The van der Waals surface area contributed by atoms with Crippen molar-refractivity contribution in [3.8, 4) is 0 Å². The molecule has 1 N–H and O–H groups in total. The molecule has 0 saturated carbocycles. The topological polar surface area (TPSA) is 110 Å². The van der Waals surface area contributed by atoms with Crippen molar-refractivity contribution in [1.29, 1.82) is 0 Å². The second-order valence-electron chi connectivity index (χ2n) is 7.20. The molecule has 3 heterocycles. The summed E-state index contributed by atoms with van der Waals surface area (Å²) in [6, 6.07) is 7.85. The fraction of sp³-hybridized carbons (Fsp3) is 0.316. The number of nitrogens with zero attached hydrogens (tertiary/aromatic N) is 5. The maximum atomic E-state index is 13.0. The van der Waals surface area contributed by atoms with Gasteiger partial charge < -0.3 is 10.0 Å². The molecule has 1 aliphatic heterocycles. The van der Waals surface area contributed by atoms with Gasteiger partial charge in [0.15, 0.2) is 5.03 Å². The first kappa shape index (κ1) is 22.4. The fourth-order valence-corrected chi connectivity index (χ4v) is 4.89. The molecule has 0 bridgehead atoms. The van der Waals surface area contributed by atoms with Gasteiger partial charge in [-0.15, -0.1) is 0 Å². The number of hydrogen-bond donors (Lipinski definition) is 1. The summed E-state index contributed by atoms with van der Waals surface area (Å²) in [6.07, 6.45) is -0.246. The first-order chi connectivity index (χ1) is 15.2. The average molecular weight is 486 g/mol. The van der Waals surface area contributed by atoms with Crippen LogP contribution in [-0.2, 0) is 34.5 Å². The molecule has 4 rings (SSSR count). The molecule has 13 heteroatoms. The number of halogens is 3. The molecule has 2 aromatic heterocycles. The molecule has 1 amide bonds. The van der Waals surface area contributed by atoms with Gasteiger partial charge in [-0.05, 0) is 17.7 Å². The second kappa shape index (κ2) is 8.60. The third kappa shape index (κ3) is 4.12. The molecular weight excluding hydrogens is 468 g/mol. The van der Waals surface area contributed by atoms with Gasteiger partial charge in [0.05, 0.1) is 24.8 Å². The number of aliphatic hydroxyl groups excluding tert-OH is 1. The Morgan fingerprint density at radius 2 is 1.94 bits per heavy atom. The first-order valence-electron chi connectivity index (χ1n) is 9.49. The molecule has 0 radical (unpaired) electrons. The second-order valence-corrected chi connectivity index (χ2v) is 9.35. The Bertz CT molecular complexity index is 1240. The Labute approximate surface area is 186 Å². The molecule has 32 heavy (non-hydrogen) atoms. The Hall–Kier alpha value is -2.83. The smallest absolute Gasteiger partial charge is 0.302 e. The quantitative estimate of drug-likeness (QED) is 0.547. The van der Waals surface area contributed by atoms with Gasteiger partial charge in [0.2, 0.25) is 5.91 Å². The van der Waals surface area contributed by atoms with Gasteiger partial charge in [0, 0.05) is 29.5 Å². The van der Waals surface area contributed by atoms with E-state index in [1.807, 2.05) is 0 Å². The Balaban J connectivity index is 1.52. The zero-order chi connectivity index (χ0) is 23.0. The van der Waals surface area contributed by atoms with Crippen molar-refractivity contribution in [2.24, 2.45) is 0 Å². The van der Waals surface area contributed by atoms with E-state index in [1.54, 1.807) is 24.3 Å². The van der Waals surface area contributed by atoms with Gasteiger partial charge in [-0.3, -0.25) is 9.48 Å². The minimum atomic E-state index is -4.17. The summed E-state index contributed by atoms with van der Waals surface area (Å²) in [7, 11) is -4.17. The van der Waals surface area contributed by atoms with E-state index < -0.39 is 40.5 Å². The molecule has 0 saturated heterocycles. The zero-order valence-electron chi connectivity index (χ0n) is 16.5. The Morgan fingerprint density at radius 3 is 2.59 bits per heavy atom. The van der Waals surface area contributed by atoms with Crippen molar-refractivity contribution in [3.05, 3.63) is 64.6 Å². The van der Waals surface area contributed by atoms with E-state index in [9.17, 15) is 27.1 Å². The van der Waals surface area contributed by atoms with Gasteiger partial charge in [-0.2, -0.15) is 22.7 Å². The van der Waals surface area contributed by atoms with Crippen LogP contribution >= 0.6 is 11.6 Å². The highest BCUT2D eigenvalue weighted by Gasteiger charge is 2.34. The first-order valence-corrected chi connectivity index (χ1v) is 11.3. The molecule has 1 atom stereocenters. The number of amides is 1. The average Bonchev–Trinajstić information content (AvgIpc) is 3.44. The van der Waals surface area contributed by atoms with Crippen LogP contribution in [0.5, 0.6) is 0 Å². The predicted molar refractivity (Wildman–Crippen MR) is 109 cm³/mol. The lowest BCUT2D eigenvalue weighted by molar-refractivity contribution is -0.134. The molecule has 0 fully saturated rings. The van der Waals surface area contributed by atoms with Gasteiger partial charge in [-0.25, -0.2) is 8.78 Å². The SMILES string of the molecule is O=C([C@H](CO)c1ccccc1Cl)N1Cc2cn(S(=O)(=O)c3ccn(CC(F)F)n3)nc2C1. The number of aromatic nitrogens is 4. The summed E-state index contributed by atoms with van der Waals surface area (Å²) in [5, 5.41) is 17.5. The van der Waals surface area contributed by atoms with Crippen molar-refractivity contribution in [1.82, 2.24) is 23.9 Å². The minimum Gasteiger partial charge on any atom is -0.395 e. The highest BCUT2D eigenvalue weighted by molar-refractivity contribution is 7.89. The molecule has 0 unspecified atom stereocenters. The number of carbonyl (C=O) groups excluding carboxylic acids is 1. The van der Waals surface area contributed by atoms with Gasteiger partial charge in [0.1, 0.15) is 6.54 Å². The van der Waals surface area contributed by atoms with Crippen LogP contribution in [0.1, 0.15) is 22.7 Å². The summed E-state index contributed by atoms with van der Waals surface area (Å²) in [4.78, 5) is 14.4. The van der Waals surface area contributed by atoms with Crippen LogP contribution < -0.4 is 0 Å². The maximum Gasteiger partial charge on any atom is 0.302 e. The molecule has 3 aromatic rings. The number of benzene rings is 1. The largest absolute Gasteiger partial charge is 0.395 e. The summed E-state index contributed by atoms with van der Waals surface area (Å²) >= 11 is 6.16. The van der Waals surface area contributed by atoms with Crippen LogP contribution in [0.25, 0.3) is 0 Å². The van der Waals surface area contributed by atoms with E-state index >= 15 is 0 Å². The summed E-state index contributed by atoms with van der Waals surface area (Å²) in [6.45, 7) is -1.01. The molecule has 1 aromatic carbocycles. The van der Waals surface area contributed by atoms with E-state index in [0.29, 0.717) is 21.8 Å². The molecule has 1 aliphatic rings. The number of aliphatic hydroxyl groups is 1. The van der Waals surface area contributed by atoms with E-state index in [4.69, 9.17) is 11.6 Å². The molecule has 9 nitrogen and oxygen atoms in total. The maximum absolute atomic E-state index is 13.0. The zero-order valence-corrected chi connectivity index (χ0v) is 18.0. The lowest BCUT2D eigenvalue weighted by Gasteiger charge is -2.22. The standard InChI is InChI=1S/C19H18ClF2N5O4S/c20-15-4-2-1-3-13(15)14(11-28)19(29)25-7-12-8-27(23-16(12)9-25)32(30,31)18-5-6-26(24-18)10-17(21)22/h1-6,8,14,17,28H,7,9-11H2/t14-/m1/s1. The monoisotopic (exact) mass is 485 g/mol. The minimum absolute atomic E-state index is 0.0530. The number of rotatable bonds is 7. The number of carbonyl (C=O) groups is 1. The van der Waals surface area contributed by atoms with Crippen LogP contribution in [0.2, 0.25) is 5.02 Å². The van der Waals surface area contributed by atoms with Crippen LogP contribution in [0.3, 0.4) is 0 Å². The third-order valence-corrected chi connectivity index (χ3v) is 6.85. The van der Waals surface area contributed by atoms with Gasteiger partial charge >= 0.3 is 10.0 Å². The van der Waals surface area contributed by atoms with Crippen molar-refractivity contribution in [2.45, 2.75) is 37.0 Å². The molecule has 170 valence electrons. The van der Waals surface area contributed by atoms with E-state index in [2.05, 4.69) is 10.2 Å². The highest BCUT2D eigenvalue weighted by atomic mass is 35.5. The fourth-order valence-electron chi connectivity index (χ4n) is 3.51. The Morgan fingerprint density at radius 1 is 1.19 bits per heavy atom. The lowest BCUT2D eigenvalue weighted by atomic mass is 9.98. The number of fused-ring (bicyclic) bond motifs is 1. The van der Waals surface area contributed by atoms with E-state index in [0.717, 1.165) is 21.0 Å². The summed E-state index contributed by atoms with van der Waals surface area (Å²) in [5.41, 5.74) is 1.40. The Kier molecular flexibility index (Phi) is 6.01.